The highest BCUT2D eigenvalue weighted by atomic mass is 32.2. The highest BCUT2D eigenvalue weighted by Gasteiger charge is 2.34. The Hall–Kier alpha value is -0.910. The molecular weight excluding hydrogens is 250 g/mol. The summed E-state index contributed by atoms with van der Waals surface area (Å²) in [6, 6.07) is -0.105. The molecule has 2 aliphatic rings. The minimum atomic E-state index is -0.316. The summed E-state index contributed by atoms with van der Waals surface area (Å²) in [7, 11) is 1.61. The fourth-order valence-corrected chi connectivity index (χ4v) is 3.68. The van der Waals surface area contributed by atoms with Gasteiger partial charge in [0.1, 0.15) is 6.04 Å². The van der Waals surface area contributed by atoms with Gasteiger partial charge in [-0.25, -0.2) is 4.79 Å². The van der Waals surface area contributed by atoms with E-state index < -0.39 is 0 Å². The van der Waals surface area contributed by atoms with E-state index in [1.54, 1.807) is 23.7 Å². The van der Waals surface area contributed by atoms with Gasteiger partial charge in [0.25, 0.3) is 0 Å². The second-order valence-corrected chi connectivity index (χ2v) is 5.88. The van der Waals surface area contributed by atoms with Gasteiger partial charge in [-0.1, -0.05) is 19.3 Å². The van der Waals surface area contributed by atoms with E-state index >= 15 is 0 Å². The quantitative estimate of drug-likeness (QED) is 0.792. The summed E-state index contributed by atoms with van der Waals surface area (Å²) in [5.41, 5.74) is 0. The number of amides is 3. The summed E-state index contributed by atoms with van der Waals surface area (Å²) in [6.07, 6.45) is 5.79. The highest BCUT2D eigenvalue weighted by Crippen LogP contribution is 2.22. The molecule has 102 valence electrons. The molecule has 0 aromatic carbocycles. The van der Waals surface area contributed by atoms with Crippen LogP contribution in [0.15, 0.2) is 0 Å². The monoisotopic (exact) mass is 271 g/mol. The zero-order valence-electron chi connectivity index (χ0n) is 10.8. The molecule has 1 atom stereocenters. The lowest BCUT2D eigenvalue weighted by Gasteiger charge is -2.28. The Balaban J connectivity index is 1.89. The Morgan fingerprint density at radius 1 is 1.22 bits per heavy atom. The van der Waals surface area contributed by atoms with Crippen LogP contribution in [-0.4, -0.2) is 47.6 Å². The van der Waals surface area contributed by atoms with Crippen LogP contribution in [0.25, 0.3) is 0 Å². The van der Waals surface area contributed by atoms with Crippen LogP contribution in [0.4, 0.5) is 4.79 Å². The number of likely N-dealkylation sites (N-methyl/N-ethyl adjacent to an activating group) is 1. The molecule has 0 aromatic heterocycles. The van der Waals surface area contributed by atoms with Crippen molar-refractivity contribution in [2.24, 2.45) is 0 Å². The van der Waals surface area contributed by atoms with Crippen molar-refractivity contribution in [1.82, 2.24) is 15.5 Å². The van der Waals surface area contributed by atoms with E-state index in [1.807, 2.05) is 0 Å². The average Bonchev–Trinajstić information content (AvgIpc) is 2.88. The van der Waals surface area contributed by atoms with E-state index in [4.69, 9.17) is 0 Å². The van der Waals surface area contributed by atoms with Crippen molar-refractivity contribution in [2.45, 2.75) is 44.2 Å². The van der Waals surface area contributed by atoms with Crippen LogP contribution < -0.4 is 10.6 Å². The van der Waals surface area contributed by atoms with E-state index in [0.717, 1.165) is 12.8 Å². The Morgan fingerprint density at radius 3 is 2.61 bits per heavy atom. The fraction of sp³-hybridized carbons (Fsp3) is 0.833. The third-order valence-electron chi connectivity index (χ3n) is 3.62. The largest absolute Gasteiger partial charge is 0.357 e. The van der Waals surface area contributed by atoms with E-state index in [0.29, 0.717) is 17.7 Å². The van der Waals surface area contributed by atoms with Crippen LogP contribution in [0.1, 0.15) is 32.1 Å². The third-order valence-corrected chi connectivity index (χ3v) is 4.64. The van der Waals surface area contributed by atoms with Crippen molar-refractivity contribution in [2.75, 3.05) is 18.7 Å². The fourth-order valence-electron chi connectivity index (χ4n) is 2.53. The van der Waals surface area contributed by atoms with Gasteiger partial charge in [-0.2, -0.15) is 0 Å². The predicted molar refractivity (Wildman–Crippen MR) is 72.4 cm³/mol. The van der Waals surface area contributed by atoms with E-state index in [2.05, 4.69) is 10.6 Å². The molecule has 2 N–H and O–H groups in total. The van der Waals surface area contributed by atoms with E-state index in [9.17, 15) is 9.59 Å². The Kier molecular flexibility index (Phi) is 4.74. The van der Waals surface area contributed by atoms with Crippen LogP contribution in [0.3, 0.4) is 0 Å². The maximum atomic E-state index is 12.2. The van der Waals surface area contributed by atoms with Crippen molar-refractivity contribution in [3.05, 3.63) is 0 Å². The lowest BCUT2D eigenvalue weighted by molar-refractivity contribution is -0.123. The average molecular weight is 271 g/mol. The Labute approximate surface area is 112 Å². The molecule has 1 saturated heterocycles. The number of urea groups is 1. The highest BCUT2D eigenvalue weighted by molar-refractivity contribution is 7.99. The van der Waals surface area contributed by atoms with Gasteiger partial charge in [-0.05, 0) is 12.8 Å². The molecule has 0 radical (unpaired) electrons. The first-order valence-corrected chi connectivity index (χ1v) is 7.74. The minimum Gasteiger partial charge on any atom is -0.357 e. The summed E-state index contributed by atoms with van der Waals surface area (Å²) in [5, 5.41) is 5.68. The minimum absolute atomic E-state index is 0.0706. The predicted octanol–water partition coefficient (Wildman–Crippen LogP) is 1.15. The van der Waals surface area contributed by atoms with Crippen LogP contribution in [-0.2, 0) is 4.79 Å². The first-order valence-electron chi connectivity index (χ1n) is 6.59. The van der Waals surface area contributed by atoms with Gasteiger partial charge in [0.05, 0.1) is 5.88 Å². The summed E-state index contributed by atoms with van der Waals surface area (Å²) in [6.45, 7) is 0. The summed E-state index contributed by atoms with van der Waals surface area (Å²) in [4.78, 5) is 25.5. The van der Waals surface area contributed by atoms with Gasteiger partial charge in [0.15, 0.2) is 0 Å². The second kappa shape index (κ2) is 6.31. The topological polar surface area (TPSA) is 61.4 Å². The molecule has 5 nitrogen and oxygen atoms in total. The second-order valence-electron chi connectivity index (χ2n) is 4.88. The number of thioether (sulfide) groups is 1. The smallest absolute Gasteiger partial charge is 0.319 e. The number of nitrogens with zero attached hydrogens (tertiary/aromatic N) is 1. The molecule has 1 heterocycles. The van der Waals surface area contributed by atoms with Gasteiger partial charge in [-0.15, -0.1) is 11.8 Å². The molecular formula is C12H21N3O2S. The lowest BCUT2D eigenvalue weighted by Crippen LogP contribution is -2.52. The van der Waals surface area contributed by atoms with Gasteiger partial charge in [-0.3, -0.25) is 4.79 Å². The van der Waals surface area contributed by atoms with Crippen LogP contribution in [0.5, 0.6) is 0 Å². The number of carbonyl (C=O) groups excluding carboxylic acids is 2. The van der Waals surface area contributed by atoms with Crippen molar-refractivity contribution in [3.63, 3.8) is 0 Å². The van der Waals surface area contributed by atoms with Crippen LogP contribution in [0, 0.1) is 0 Å². The molecule has 2 rings (SSSR count). The van der Waals surface area contributed by atoms with Crippen molar-refractivity contribution in [3.8, 4) is 0 Å². The number of nitrogens with one attached hydrogen (secondary N) is 2. The molecule has 0 aromatic rings. The molecule has 0 unspecified atom stereocenters. The van der Waals surface area contributed by atoms with E-state index in [-0.39, 0.29) is 18.0 Å². The maximum Gasteiger partial charge on any atom is 0.319 e. The molecule has 2 fully saturated rings. The maximum absolute atomic E-state index is 12.2. The number of rotatable bonds is 2. The van der Waals surface area contributed by atoms with Gasteiger partial charge in [0, 0.05) is 18.8 Å². The molecule has 1 aliphatic carbocycles. The third kappa shape index (κ3) is 3.10. The summed E-state index contributed by atoms with van der Waals surface area (Å²) in [5.74, 6) is 1.23. The van der Waals surface area contributed by atoms with Gasteiger partial charge >= 0.3 is 6.03 Å². The van der Waals surface area contributed by atoms with Crippen molar-refractivity contribution < 1.29 is 9.59 Å². The molecule has 3 amide bonds. The molecule has 6 heteroatoms. The lowest BCUT2D eigenvalue weighted by atomic mass is 9.96. The molecule has 1 saturated carbocycles. The Bertz CT molecular complexity index is 318. The summed E-state index contributed by atoms with van der Waals surface area (Å²) < 4.78 is 0. The number of carbonyl (C=O) groups is 2. The zero-order valence-corrected chi connectivity index (χ0v) is 11.6. The first kappa shape index (κ1) is 13.5. The van der Waals surface area contributed by atoms with Crippen LogP contribution >= 0.6 is 11.8 Å². The number of hydrogen-bond donors (Lipinski definition) is 2. The van der Waals surface area contributed by atoms with Gasteiger partial charge < -0.3 is 15.5 Å². The van der Waals surface area contributed by atoms with Crippen molar-refractivity contribution >= 4 is 23.7 Å². The molecule has 0 bridgehead atoms. The van der Waals surface area contributed by atoms with E-state index in [1.165, 1.54) is 19.3 Å². The zero-order chi connectivity index (χ0) is 13.0. The Morgan fingerprint density at radius 2 is 1.94 bits per heavy atom. The molecule has 1 aliphatic heterocycles. The number of hydrogen-bond acceptors (Lipinski definition) is 3. The normalized spacial score (nSPS) is 24.9. The molecule has 0 spiro atoms. The van der Waals surface area contributed by atoms with Crippen molar-refractivity contribution in [1.29, 1.82) is 0 Å². The summed E-state index contributed by atoms with van der Waals surface area (Å²) >= 11 is 1.63. The molecule has 18 heavy (non-hydrogen) atoms. The first-order chi connectivity index (χ1) is 8.72. The van der Waals surface area contributed by atoms with Gasteiger partial charge in [0.2, 0.25) is 5.91 Å². The SMILES string of the molecule is CNC(=O)[C@@H]1CSCN1C(=O)NC1CCCCC1. The standard InChI is InChI=1S/C12H21N3O2S/c1-13-11(16)10-7-18-8-15(10)12(17)14-9-5-3-2-4-6-9/h9-10H,2-8H2,1H3,(H,13,16)(H,14,17)/t10-/m0/s1. The van der Waals surface area contributed by atoms with Crippen LogP contribution in [0.2, 0.25) is 0 Å².